The van der Waals surface area contributed by atoms with Crippen molar-refractivity contribution in [3.63, 3.8) is 0 Å². The number of rotatable bonds is 3. The molecule has 1 nitrogen and oxygen atoms in total. The van der Waals surface area contributed by atoms with E-state index in [0.29, 0.717) is 0 Å². The fourth-order valence-corrected chi connectivity index (χ4v) is 2.76. The Morgan fingerprint density at radius 1 is 1.00 bits per heavy atom. The van der Waals surface area contributed by atoms with E-state index in [-0.39, 0.29) is 0 Å². The van der Waals surface area contributed by atoms with Crippen LogP contribution in [0.5, 0.6) is 0 Å². The Labute approximate surface area is 119 Å². The number of aromatic nitrogens is 1. The van der Waals surface area contributed by atoms with Crippen LogP contribution >= 0.6 is 0 Å². The van der Waals surface area contributed by atoms with E-state index >= 15 is 0 Å². The second-order valence-corrected chi connectivity index (χ2v) is 4.87. The average molecular weight is 259 g/mol. The van der Waals surface area contributed by atoms with Crippen LogP contribution in [0.25, 0.3) is 27.4 Å². The van der Waals surface area contributed by atoms with Crippen molar-refractivity contribution in [2.45, 2.75) is 0 Å². The molecule has 0 aliphatic rings. The van der Waals surface area contributed by atoms with Crippen LogP contribution in [0.4, 0.5) is 0 Å². The number of para-hydroxylation sites is 1. The van der Waals surface area contributed by atoms with Crippen LogP contribution in [0.2, 0.25) is 0 Å². The molecular formula is C19H17N. The quantitative estimate of drug-likeness (QED) is 0.577. The van der Waals surface area contributed by atoms with Crippen LogP contribution in [0.15, 0.2) is 73.9 Å². The molecule has 0 saturated carbocycles. The fourth-order valence-electron chi connectivity index (χ4n) is 2.76. The van der Waals surface area contributed by atoms with Crippen molar-refractivity contribution in [2.24, 2.45) is 7.05 Å². The summed E-state index contributed by atoms with van der Waals surface area (Å²) in [5, 5.41) is 2.56. The van der Waals surface area contributed by atoms with Crippen LogP contribution in [0, 0.1) is 0 Å². The molecule has 0 atom stereocenters. The number of hydrogen-bond donors (Lipinski definition) is 0. The van der Waals surface area contributed by atoms with Crippen LogP contribution in [0.3, 0.4) is 0 Å². The molecule has 0 radical (unpaired) electrons. The van der Waals surface area contributed by atoms with E-state index in [2.05, 4.69) is 67.2 Å². The Morgan fingerprint density at radius 3 is 2.50 bits per heavy atom. The molecule has 1 heterocycles. The van der Waals surface area contributed by atoms with Crippen molar-refractivity contribution in [3.8, 4) is 0 Å². The van der Waals surface area contributed by atoms with Crippen molar-refractivity contribution in [2.75, 3.05) is 0 Å². The van der Waals surface area contributed by atoms with Gasteiger partial charge in [-0.3, -0.25) is 0 Å². The Bertz CT molecular complexity index is 847. The third kappa shape index (κ3) is 1.79. The minimum absolute atomic E-state index is 1.09. The van der Waals surface area contributed by atoms with Crippen molar-refractivity contribution in [1.29, 1.82) is 0 Å². The first-order chi connectivity index (χ1) is 9.76. The first-order valence-corrected chi connectivity index (χ1v) is 6.69. The lowest BCUT2D eigenvalue weighted by Gasteiger charge is -2.03. The maximum absolute atomic E-state index is 3.88. The van der Waals surface area contributed by atoms with Gasteiger partial charge in [0.2, 0.25) is 0 Å². The van der Waals surface area contributed by atoms with E-state index in [1.165, 1.54) is 27.4 Å². The molecule has 1 aromatic heterocycles. The van der Waals surface area contributed by atoms with Crippen molar-refractivity contribution >= 4 is 27.4 Å². The summed E-state index contributed by atoms with van der Waals surface area (Å²) in [5.41, 5.74) is 4.77. The number of allylic oxidation sites excluding steroid dienone is 4. The second-order valence-electron chi connectivity index (χ2n) is 4.87. The molecule has 0 N–H and O–H groups in total. The molecule has 0 saturated heterocycles. The van der Waals surface area contributed by atoms with Crippen LogP contribution in [0.1, 0.15) is 5.56 Å². The smallest absolute Gasteiger partial charge is 0.0489 e. The maximum Gasteiger partial charge on any atom is 0.0489 e. The largest absolute Gasteiger partial charge is 0.344 e. The van der Waals surface area contributed by atoms with Gasteiger partial charge in [-0.1, -0.05) is 55.7 Å². The van der Waals surface area contributed by atoms with Gasteiger partial charge in [-0.25, -0.2) is 0 Å². The molecule has 20 heavy (non-hydrogen) atoms. The zero-order chi connectivity index (χ0) is 14.1. The Balaban J connectivity index is 2.36. The third-order valence-electron chi connectivity index (χ3n) is 3.76. The van der Waals surface area contributed by atoms with Crippen LogP contribution in [-0.2, 0) is 7.05 Å². The zero-order valence-electron chi connectivity index (χ0n) is 11.6. The first kappa shape index (κ1) is 12.5. The topological polar surface area (TPSA) is 4.93 Å². The SMILES string of the molecule is C=CC=C(C=C)c1ccc2c(c1)c1ccccc1n2C. The highest BCUT2D eigenvalue weighted by molar-refractivity contribution is 6.09. The summed E-state index contributed by atoms with van der Waals surface area (Å²) in [6, 6.07) is 15.0. The van der Waals surface area contributed by atoms with E-state index < -0.39 is 0 Å². The Morgan fingerprint density at radius 2 is 1.75 bits per heavy atom. The predicted octanol–water partition coefficient (Wildman–Crippen LogP) is 5.09. The molecule has 1 heteroatoms. The summed E-state index contributed by atoms with van der Waals surface area (Å²) in [6.07, 6.45) is 5.65. The van der Waals surface area contributed by atoms with E-state index in [4.69, 9.17) is 0 Å². The van der Waals surface area contributed by atoms with Gasteiger partial charge in [0.05, 0.1) is 0 Å². The van der Waals surface area contributed by atoms with E-state index in [9.17, 15) is 0 Å². The van der Waals surface area contributed by atoms with Gasteiger partial charge in [0, 0.05) is 28.9 Å². The lowest BCUT2D eigenvalue weighted by atomic mass is 10.0. The summed E-state index contributed by atoms with van der Waals surface area (Å²) >= 11 is 0. The zero-order valence-corrected chi connectivity index (χ0v) is 11.6. The van der Waals surface area contributed by atoms with E-state index in [1.807, 2.05) is 12.2 Å². The van der Waals surface area contributed by atoms with Gasteiger partial charge < -0.3 is 4.57 Å². The fraction of sp³-hybridized carbons (Fsp3) is 0.0526. The third-order valence-corrected chi connectivity index (χ3v) is 3.76. The number of hydrogen-bond acceptors (Lipinski definition) is 0. The molecule has 0 bridgehead atoms. The lowest BCUT2D eigenvalue weighted by Crippen LogP contribution is -1.86. The number of benzene rings is 2. The average Bonchev–Trinajstić information content (AvgIpc) is 2.78. The summed E-state index contributed by atoms with van der Waals surface area (Å²) < 4.78 is 2.24. The lowest BCUT2D eigenvalue weighted by molar-refractivity contribution is 1.01. The number of aryl methyl sites for hydroxylation is 1. The summed E-state index contributed by atoms with van der Waals surface area (Å²) in [5.74, 6) is 0. The summed E-state index contributed by atoms with van der Waals surface area (Å²) in [7, 11) is 2.11. The molecule has 0 aliphatic carbocycles. The second kappa shape index (κ2) is 4.86. The number of nitrogens with zero attached hydrogens (tertiary/aromatic N) is 1. The van der Waals surface area contributed by atoms with Crippen LogP contribution < -0.4 is 0 Å². The molecule has 0 spiro atoms. The van der Waals surface area contributed by atoms with Gasteiger partial charge in [0.1, 0.15) is 0 Å². The molecule has 0 amide bonds. The molecule has 0 aliphatic heterocycles. The summed E-state index contributed by atoms with van der Waals surface area (Å²) in [4.78, 5) is 0. The molecule has 0 unspecified atom stereocenters. The van der Waals surface area contributed by atoms with E-state index in [1.54, 1.807) is 6.08 Å². The molecule has 3 aromatic rings. The molecule has 3 rings (SSSR count). The van der Waals surface area contributed by atoms with Gasteiger partial charge in [-0.05, 0) is 29.3 Å². The summed E-state index contributed by atoms with van der Waals surface area (Å²) in [6.45, 7) is 7.64. The first-order valence-electron chi connectivity index (χ1n) is 6.69. The normalized spacial score (nSPS) is 11.9. The van der Waals surface area contributed by atoms with Crippen molar-refractivity contribution in [1.82, 2.24) is 4.57 Å². The van der Waals surface area contributed by atoms with Gasteiger partial charge >= 0.3 is 0 Å². The minimum Gasteiger partial charge on any atom is -0.344 e. The maximum atomic E-state index is 3.88. The molecule has 0 fully saturated rings. The highest BCUT2D eigenvalue weighted by atomic mass is 14.9. The van der Waals surface area contributed by atoms with Gasteiger partial charge in [-0.2, -0.15) is 0 Å². The van der Waals surface area contributed by atoms with Gasteiger partial charge in [0.15, 0.2) is 0 Å². The Hall–Kier alpha value is -2.54. The molecule has 98 valence electrons. The van der Waals surface area contributed by atoms with Crippen molar-refractivity contribution in [3.05, 3.63) is 79.4 Å². The highest BCUT2D eigenvalue weighted by Crippen LogP contribution is 2.30. The standard InChI is InChI=1S/C19H17N/c1-4-8-14(5-2)15-11-12-19-17(13-15)16-9-6-7-10-18(16)20(19)3/h4-13H,1-2H2,3H3. The van der Waals surface area contributed by atoms with Gasteiger partial charge in [-0.15, -0.1) is 0 Å². The van der Waals surface area contributed by atoms with Gasteiger partial charge in [0.25, 0.3) is 0 Å². The van der Waals surface area contributed by atoms with Crippen molar-refractivity contribution < 1.29 is 0 Å². The monoisotopic (exact) mass is 259 g/mol. The van der Waals surface area contributed by atoms with E-state index in [0.717, 1.165) is 5.57 Å². The number of fused-ring (bicyclic) bond motifs is 3. The predicted molar refractivity (Wildman–Crippen MR) is 88.8 cm³/mol. The Kier molecular flexibility index (Phi) is 3.03. The molecule has 2 aromatic carbocycles. The highest BCUT2D eigenvalue weighted by Gasteiger charge is 2.08. The van der Waals surface area contributed by atoms with Crippen LogP contribution in [-0.4, -0.2) is 4.57 Å². The molecular weight excluding hydrogens is 242 g/mol. The minimum atomic E-state index is 1.09.